The quantitative estimate of drug-likeness (QED) is 0.853. The molecule has 0 radical (unpaired) electrons. The summed E-state index contributed by atoms with van der Waals surface area (Å²) in [7, 11) is -3.27. The summed E-state index contributed by atoms with van der Waals surface area (Å²) in [5.74, 6) is 0.186. The lowest BCUT2D eigenvalue weighted by atomic mass is 9.97. The molecule has 23 heavy (non-hydrogen) atoms. The van der Waals surface area contributed by atoms with Gasteiger partial charge in [0.15, 0.2) is 21.3 Å². The second-order valence-corrected chi connectivity index (χ2v) is 8.20. The number of rotatable bonds is 4. The molecule has 1 aliphatic rings. The first-order chi connectivity index (χ1) is 11.0. The maximum Gasteiger partial charge on any atom is 0.237 e. The van der Waals surface area contributed by atoms with Crippen molar-refractivity contribution in [1.29, 1.82) is 0 Å². The minimum atomic E-state index is -3.27. The number of carbonyl (C=O) groups is 1. The van der Waals surface area contributed by atoms with Crippen LogP contribution in [0.2, 0.25) is 0 Å². The molecule has 1 fully saturated rings. The molecular formula is C16H20N2O4S. The highest BCUT2D eigenvalue weighted by atomic mass is 32.2. The normalized spacial score (nSPS) is 16.8. The molecule has 1 aliphatic heterocycles. The third kappa shape index (κ3) is 3.55. The molecule has 6 nitrogen and oxygen atoms in total. The Labute approximate surface area is 135 Å². The lowest BCUT2D eigenvalue weighted by Crippen LogP contribution is -2.41. The van der Waals surface area contributed by atoms with E-state index in [1.807, 2.05) is 24.3 Å². The fourth-order valence-corrected chi connectivity index (χ4v) is 3.58. The summed E-state index contributed by atoms with van der Waals surface area (Å²) in [6.45, 7) is 2.64. The Morgan fingerprint density at radius 1 is 1.30 bits per heavy atom. The van der Waals surface area contributed by atoms with E-state index in [1.54, 1.807) is 11.8 Å². The predicted octanol–water partition coefficient (Wildman–Crippen LogP) is 1.97. The van der Waals surface area contributed by atoms with Gasteiger partial charge in [0, 0.05) is 24.8 Å². The van der Waals surface area contributed by atoms with Crippen LogP contribution < -0.4 is 0 Å². The smallest absolute Gasteiger partial charge is 0.237 e. The van der Waals surface area contributed by atoms with E-state index in [4.69, 9.17) is 4.42 Å². The van der Waals surface area contributed by atoms with Crippen molar-refractivity contribution in [1.82, 2.24) is 9.88 Å². The van der Waals surface area contributed by atoms with E-state index in [9.17, 15) is 13.2 Å². The Bertz CT molecular complexity index is 771. The number of sulfone groups is 1. The molecule has 3 rings (SSSR count). The number of carbonyl (C=O) groups excluding carboxylic acids is 1. The van der Waals surface area contributed by atoms with E-state index in [0.717, 1.165) is 23.9 Å². The van der Waals surface area contributed by atoms with Crippen LogP contribution >= 0.6 is 0 Å². The van der Waals surface area contributed by atoms with Crippen LogP contribution in [-0.2, 0) is 14.6 Å². The van der Waals surface area contributed by atoms with E-state index in [-0.39, 0.29) is 17.6 Å². The van der Waals surface area contributed by atoms with Gasteiger partial charge in [0.05, 0.1) is 0 Å². The highest BCUT2D eigenvalue weighted by Gasteiger charge is 2.28. The molecule has 1 saturated heterocycles. The van der Waals surface area contributed by atoms with E-state index in [2.05, 4.69) is 4.98 Å². The van der Waals surface area contributed by atoms with Crippen molar-refractivity contribution in [3.8, 4) is 0 Å². The third-order valence-electron chi connectivity index (χ3n) is 4.29. The number of oxazole rings is 1. The maximum atomic E-state index is 12.1. The molecular weight excluding hydrogens is 316 g/mol. The molecule has 0 N–H and O–H groups in total. The number of hydrogen-bond acceptors (Lipinski definition) is 5. The summed E-state index contributed by atoms with van der Waals surface area (Å²) in [5.41, 5.74) is 1.62. The monoisotopic (exact) mass is 336 g/mol. The molecule has 2 heterocycles. The number of para-hydroxylation sites is 2. The van der Waals surface area contributed by atoms with Gasteiger partial charge in [-0.1, -0.05) is 19.1 Å². The van der Waals surface area contributed by atoms with Crippen molar-refractivity contribution in [3.05, 3.63) is 30.2 Å². The number of benzene rings is 1. The van der Waals surface area contributed by atoms with Gasteiger partial charge in [-0.3, -0.25) is 4.79 Å². The first-order valence-electron chi connectivity index (χ1n) is 7.82. The zero-order chi connectivity index (χ0) is 16.4. The zero-order valence-electron chi connectivity index (χ0n) is 13.1. The van der Waals surface area contributed by atoms with Gasteiger partial charge in [-0.05, 0) is 25.0 Å². The summed E-state index contributed by atoms with van der Waals surface area (Å²) in [5, 5.41) is 0. The van der Waals surface area contributed by atoms with Crippen molar-refractivity contribution in [2.45, 2.75) is 25.7 Å². The second-order valence-electron chi connectivity index (χ2n) is 5.85. The van der Waals surface area contributed by atoms with Gasteiger partial charge in [0.25, 0.3) is 0 Å². The van der Waals surface area contributed by atoms with Crippen LogP contribution in [-0.4, -0.2) is 48.8 Å². The van der Waals surface area contributed by atoms with Crippen LogP contribution in [0.4, 0.5) is 0 Å². The minimum absolute atomic E-state index is 0.00188. The molecule has 1 aromatic heterocycles. The van der Waals surface area contributed by atoms with E-state index >= 15 is 0 Å². The summed E-state index contributed by atoms with van der Waals surface area (Å²) in [4.78, 5) is 18.2. The van der Waals surface area contributed by atoms with Crippen LogP contribution in [0.15, 0.2) is 28.7 Å². The first kappa shape index (κ1) is 16.0. The topological polar surface area (TPSA) is 80.5 Å². The van der Waals surface area contributed by atoms with Crippen LogP contribution in [0.1, 0.15) is 31.6 Å². The van der Waals surface area contributed by atoms with Gasteiger partial charge in [-0.2, -0.15) is 0 Å². The molecule has 0 bridgehead atoms. The van der Waals surface area contributed by atoms with Gasteiger partial charge < -0.3 is 9.32 Å². The molecule has 0 spiro atoms. The predicted molar refractivity (Wildman–Crippen MR) is 86.9 cm³/mol. The number of hydrogen-bond donors (Lipinski definition) is 0. The fourth-order valence-electron chi connectivity index (χ4n) is 2.82. The Balaban J connectivity index is 1.63. The Hall–Kier alpha value is -1.89. The number of amides is 1. The van der Waals surface area contributed by atoms with Crippen LogP contribution in [0.3, 0.4) is 0 Å². The summed E-state index contributed by atoms with van der Waals surface area (Å²) in [6.07, 6.45) is 1.48. The van der Waals surface area contributed by atoms with Gasteiger partial charge in [-0.25, -0.2) is 13.4 Å². The molecule has 124 valence electrons. The minimum Gasteiger partial charge on any atom is -0.440 e. The number of piperidine rings is 1. The van der Waals surface area contributed by atoms with Gasteiger partial charge in [0.1, 0.15) is 11.3 Å². The van der Waals surface area contributed by atoms with Crippen LogP contribution in [0, 0.1) is 0 Å². The van der Waals surface area contributed by atoms with Gasteiger partial charge in [0.2, 0.25) is 5.91 Å². The zero-order valence-corrected chi connectivity index (χ0v) is 13.9. The molecule has 0 aliphatic carbocycles. The average Bonchev–Trinajstić information content (AvgIpc) is 2.98. The highest BCUT2D eigenvalue weighted by Crippen LogP contribution is 2.29. The standard InChI is InChI=1S/C16H20N2O4S/c1-2-23(20,21)11-15(19)18-9-7-12(8-10-18)16-17-13-5-3-4-6-14(13)22-16/h3-6,12H,2,7-11H2,1H3. The molecule has 1 amide bonds. The van der Waals surface area contributed by atoms with Crippen molar-refractivity contribution in [2.24, 2.45) is 0 Å². The van der Waals surface area contributed by atoms with Gasteiger partial charge >= 0.3 is 0 Å². The average molecular weight is 336 g/mol. The van der Waals surface area contributed by atoms with Crippen LogP contribution in [0.5, 0.6) is 0 Å². The Kier molecular flexibility index (Phi) is 4.39. The molecule has 0 saturated carbocycles. The lowest BCUT2D eigenvalue weighted by Gasteiger charge is -2.30. The summed E-state index contributed by atoms with van der Waals surface area (Å²) in [6, 6.07) is 7.63. The second kappa shape index (κ2) is 6.31. The molecule has 7 heteroatoms. The van der Waals surface area contributed by atoms with Crippen molar-refractivity contribution in [3.63, 3.8) is 0 Å². The van der Waals surface area contributed by atoms with Crippen molar-refractivity contribution < 1.29 is 17.6 Å². The Morgan fingerprint density at radius 2 is 2.00 bits per heavy atom. The molecule has 0 unspecified atom stereocenters. The van der Waals surface area contributed by atoms with Crippen molar-refractivity contribution in [2.75, 3.05) is 24.6 Å². The molecule has 1 aromatic carbocycles. The summed E-state index contributed by atoms with van der Waals surface area (Å²) >= 11 is 0. The fraction of sp³-hybridized carbons (Fsp3) is 0.500. The number of fused-ring (bicyclic) bond motifs is 1. The van der Waals surface area contributed by atoms with Gasteiger partial charge in [-0.15, -0.1) is 0 Å². The molecule has 2 aromatic rings. The van der Waals surface area contributed by atoms with Crippen molar-refractivity contribution >= 4 is 26.8 Å². The summed E-state index contributed by atoms with van der Waals surface area (Å²) < 4.78 is 28.9. The number of aromatic nitrogens is 1. The first-order valence-corrected chi connectivity index (χ1v) is 9.64. The Morgan fingerprint density at radius 3 is 2.65 bits per heavy atom. The third-order valence-corrected chi connectivity index (χ3v) is 5.86. The maximum absolute atomic E-state index is 12.1. The lowest BCUT2D eigenvalue weighted by molar-refractivity contribution is -0.129. The number of nitrogens with zero attached hydrogens (tertiary/aromatic N) is 2. The SMILES string of the molecule is CCS(=O)(=O)CC(=O)N1CCC(c2nc3ccccc3o2)CC1. The highest BCUT2D eigenvalue weighted by molar-refractivity contribution is 7.92. The van der Waals surface area contributed by atoms with E-state index in [0.29, 0.717) is 19.0 Å². The van der Waals surface area contributed by atoms with E-state index < -0.39 is 15.6 Å². The van der Waals surface area contributed by atoms with E-state index in [1.165, 1.54) is 0 Å². The largest absolute Gasteiger partial charge is 0.440 e. The number of likely N-dealkylation sites (tertiary alicyclic amines) is 1. The molecule has 0 atom stereocenters. The van der Waals surface area contributed by atoms with Crippen LogP contribution in [0.25, 0.3) is 11.1 Å².